The number of hydrogen-bond donors (Lipinski definition) is 1. The van der Waals surface area contributed by atoms with Crippen LogP contribution < -0.4 is 4.90 Å². The summed E-state index contributed by atoms with van der Waals surface area (Å²) in [5.74, 6) is 0.207. The van der Waals surface area contributed by atoms with E-state index in [1.165, 1.54) is 16.6 Å². The van der Waals surface area contributed by atoms with Crippen molar-refractivity contribution in [2.24, 2.45) is 0 Å². The molecule has 0 unspecified atom stereocenters. The van der Waals surface area contributed by atoms with Crippen LogP contribution in [-0.2, 0) is 6.42 Å². The number of halogens is 2. The lowest BCUT2D eigenvalue weighted by atomic mass is 9.99. The lowest BCUT2D eigenvalue weighted by molar-refractivity contribution is 0.609. The topological polar surface area (TPSA) is 85.9 Å². The number of pyridine rings is 2. The first-order chi connectivity index (χ1) is 13.6. The Labute approximate surface area is 164 Å². The number of nitriles is 1. The Balaban J connectivity index is 1.70. The van der Waals surface area contributed by atoms with Crippen molar-refractivity contribution >= 4 is 22.9 Å². The monoisotopic (exact) mass is 393 g/mol. The molecule has 138 valence electrons. The lowest BCUT2D eigenvalue weighted by Crippen LogP contribution is -2.37. The molecule has 0 spiro atoms. The Morgan fingerprint density at radius 2 is 2.21 bits per heavy atom. The highest BCUT2D eigenvalue weighted by Crippen LogP contribution is 2.36. The fourth-order valence-electron chi connectivity index (χ4n) is 3.65. The van der Waals surface area contributed by atoms with E-state index in [1.807, 2.05) is 4.90 Å². The number of hydrogen-bond acceptors (Lipinski definition) is 5. The largest absolute Gasteiger partial charge is 0.348 e. The van der Waals surface area contributed by atoms with Gasteiger partial charge in [0.25, 0.3) is 0 Å². The molecule has 0 aliphatic carbocycles. The molecule has 1 atom stereocenters. The molecule has 1 N–H and O–H groups in total. The van der Waals surface area contributed by atoms with Crippen molar-refractivity contribution in [1.29, 1.82) is 5.26 Å². The van der Waals surface area contributed by atoms with Crippen LogP contribution in [0.2, 0.25) is 5.15 Å². The molecule has 0 saturated heterocycles. The maximum Gasteiger partial charge on any atom is 0.148 e. The number of nitrogens with zero attached hydrogens (tertiary/aromatic N) is 6. The summed E-state index contributed by atoms with van der Waals surface area (Å²) in [6.45, 7) is 0.619. The molecule has 1 aliphatic rings. The average Bonchev–Trinajstić information content (AvgIpc) is 3.34. The van der Waals surface area contributed by atoms with Crippen molar-refractivity contribution < 1.29 is 4.39 Å². The maximum absolute atomic E-state index is 14.2. The SMILES string of the molecule is N#Cc1cc(Cl)nc(N2CCc3[nH]cnc3[C@H]2c2cc3c(F)cccn3n2)c1. The van der Waals surface area contributed by atoms with E-state index in [1.54, 1.807) is 30.7 Å². The van der Waals surface area contributed by atoms with Gasteiger partial charge in [0, 0.05) is 24.9 Å². The van der Waals surface area contributed by atoms with Gasteiger partial charge in [0.2, 0.25) is 0 Å². The number of aromatic nitrogens is 5. The fourth-order valence-corrected chi connectivity index (χ4v) is 3.86. The molecule has 7 nitrogen and oxygen atoms in total. The summed E-state index contributed by atoms with van der Waals surface area (Å²) < 4.78 is 15.7. The second kappa shape index (κ2) is 6.32. The lowest BCUT2D eigenvalue weighted by Gasteiger charge is -2.35. The summed E-state index contributed by atoms with van der Waals surface area (Å²) in [6.07, 6.45) is 4.07. The predicted molar refractivity (Wildman–Crippen MR) is 101 cm³/mol. The van der Waals surface area contributed by atoms with Gasteiger partial charge in [0.15, 0.2) is 0 Å². The maximum atomic E-state index is 14.2. The van der Waals surface area contributed by atoms with Gasteiger partial charge in [-0.15, -0.1) is 0 Å². The molecule has 5 heterocycles. The molecule has 4 aromatic rings. The van der Waals surface area contributed by atoms with Crippen LogP contribution >= 0.6 is 11.6 Å². The van der Waals surface area contributed by atoms with Crippen LogP contribution in [0.4, 0.5) is 10.2 Å². The molecule has 0 saturated carbocycles. The highest BCUT2D eigenvalue weighted by Gasteiger charge is 2.34. The van der Waals surface area contributed by atoms with Crippen molar-refractivity contribution in [2.45, 2.75) is 12.5 Å². The smallest absolute Gasteiger partial charge is 0.148 e. The molecule has 1 aliphatic heterocycles. The van der Waals surface area contributed by atoms with Gasteiger partial charge in [-0.2, -0.15) is 10.4 Å². The molecule has 9 heteroatoms. The van der Waals surface area contributed by atoms with Crippen LogP contribution in [0.5, 0.6) is 0 Å². The zero-order valence-electron chi connectivity index (χ0n) is 14.5. The van der Waals surface area contributed by atoms with E-state index >= 15 is 0 Å². The standard InChI is InChI=1S/C19H13ClFN7/c20-16-6-11(9-22)7-17(25-16)27-5-3-13-18(24-10-23-13)19(27)14-8-15-12(21)2-1-4-28(15)26-14/h1-2,4,6-8,10,19H,3,5H2,(H,23,24)/t19-/m1/s1. The van der Waals surface area contributed by atoms with Crippen LogP contribution in [0, 0.1) is 17.1 Å². The third-order valence-corrected chi connectivity index (χ3v) is 5.07. The molecule has 5 rings (SSSR count). The Morgan fingerprint density at radius 3 is 3.04 bits per heavy atom. The van der Waals surface area contributed by atoms with Gasteiger partial charge in [-0.05, 0) is 30.3 Å². The number of nitrogens with one attached hydrogen (secondary N) is 1. The molecule has 0 bridgehead atoms. The summed E-state index contributed by atoms with van der Waals surface area (Å²) in [7, 11) is 0. The van der Waals surface area contributed by atoms with E-state index in [0.29, 0.717) is 29.1 Å². The quantitative estimate of drug-likeness (QED) is 0.528. The third-order valence-electron chi connectivity index (χ3n) is 4.88. The van der Waals surface area contributed by atoms with Gasteiger partial charge in [0.1, 0.15) is 28.3 Å². The summed E-state index contributed by atoms with van der Waals surface area (Å²) in [4.78, 5) is 14.0. The van der Waals surface area contributed by atoms with Gasteiger partial charge in [-0.25, -0.2) is 18.9 Å². The van der Waals surface area contributed by atoms with Crippen LogP contribution in [0.15, 0.2) is 42.9 Å². The summed E-state index contributed by atoms with van der Waals surface area (Å²) in [5, 5.41) is 14.1. The minimum atomic E-state index is -0.383. The Bertz CT molecular complexity index is 1240. The number of anilines is 1. The molecular formula is C19H13ClFN7. The Hall–Kier alpha value is -3.44. The van der Waals surface area contributed by atoms with Crippen molar-refractivity contribution in [3.63, 3.8) is 0 Å². The first-order valence-corrected chi connectivity index (χ1v) is 9.02. The molecule has 4 aromatic heterocycles. The summed E-state index contributed by atoms with van der Waals surface area (Å²) in [5.41, 5.74) is 3.24. The van der Waals surface area contributed by atoms with Gasteiger partial charge in [-0.3, -0.25) is 0 Å². The third kappa shape index (κ3) is 2.60. The second-order valence-corrected chi connectivity index (χ2v) is 6.90. The van der Waals surface area contributed by atoms with E-state index < -0.39 is 0 Å². The van der Waals surface area contributed by atoms with Gasteiger partial charge >= 0.3 is 0 Å². The highest BCUT2D eigenvalue weighted by atomic mass is 35.5. The zero-order chi connectivity index (χ0) is 19.3. The first-order valence-electron chi connectivity index (χ1n) is 8.64. The summed E-state index contributed by atoms with van der Waals surface area (Å²) in [6, 6.07) is 9.65. The average molecular weight is 394 g/mol. The minimum Gasteiger partial charge on any atom is -0.348 e. The molecule has 0 amide bonds. The second-order valence-electron chi connectivity index (χ2n) is 6.52. The highest BCUT2D eigenvalue weighted by molar-refractivity contribution is 6.29. The van der Waals surface area contributed by atoms with E-state index in [0.717, 1.165) is 17.8 Å². The van der Waals surface area contributed by atoms with Crippen LogP contribution in [0.3, 0.4) is 0 Å². The predicted octanol–water partition coefficient (Wildman–Crippen LogP) is 3.27. The minimum absolute atomic E-state index is 0.238. The molecule has 0 aromatic carbocycles. The van der Waals surface area contributed by atoms with E-state index in [4.69, 9.17) is 11.6 Å². The number of rotatable bonds is 2. The van der Waals surface area contributed by atoms with Crippen molar-refractivity contribution in [3.8, 4) is 6.07 Å². The molecule has 0 fully saturated rings. The zero-order valence-corrected chi connectivity index (χ0v) is 15.2. The van der Waals surface area contributed by atoms with Crippen molar-refractivity contribution in [1.82, 2.24) is 24.6 Å². The molecule has 0 radical (unpaired) electrons. The van der Waals surface area contributed by atoms with E-state index in [2.05, 4.69) is 26.1 Å². The van der Waals surface area contributed by atoms with Gasteiger partial charge < -0.3 is 9.88 Å². The van der Waals surface area contributed by atoms with E-state index in [9.17, 15) is 9.65 Å². The molecule has 28 heavy (non-hydrogen) atoms. The number of H-pyrrole nitrogens is 1. The number of imidazole rings is 1. The normalized spacial score (nSPS) is 16.2. The van der Waals surface area contributed by atoms with Gasteiger partial charge in [0.05, 0.1) is 29.3 Å². The number of aromatic amines is 1. The van der Waals surface area contributed by atoms with Crippen molar-refractivity contribution in [2.75, 3.05) is 11.4 Å². The Morgan fingerprint density at radius 1 is 1.32 bits per heavy atom. The fraction of sp³-hybridized carbons (Fsp3) is 0.158. The molecular weight excluding hydrogens is 381 g/mol. The Kier molecular flexibility index (Phi) is 3.77. The van der Waals surface area contributed by atoms with Crippen LogP contribution in [-0.4, -0.2) is 31.1 Å². The number of fused-ring (bicyclic) bond motifs is 2. The summed E-state index contributed by atoms with van der Waals surface area (Å²) >= 11 is 6.13. The van der Waals surface area contributed by atoms with Crippen LogP contribution in [0.25, 0.3) is 5.52 Å². The van der Waals surface area contributed by atoms with E-state index in [-0.39, 0.29) is 17.0 Å². The van der Waals surface area contributed by atoms with Crippen LogP contribution in [0.1, 0.15) is 28.7 Å². The first kappa shape index (κ1) is 16.7. The van der Waals surface area contributed by atoms with Crippen molar-refractivity contribution in [3.05, 3.63) is 76.5 Å². The van der Waals surface area contributed by atoms with Gasteiger partial charge in [-0.1, -0.05) is 11.6 Å².